The first kappa shape index (κ1) is 27.7. The average molecular weight is 460 g/mol. The molecule has 4 nitrogen and oxygen atoms in total. The van der Waals surface area contributed by atoms with E-state index in [2.05, 4.69) is 93.2 Å². The third kappa shape index (κ3) is 6.97. The Kier molecular flexibility index (Phi) is 8.06. The molecule has 1 N–H and O–H groups in total. The summed E-state index contributed by atoms with van der Waals surface area (Å²) in [6.45, 7) is 25.4. The third-order valence-electron chi connectivity index (χ3n) is 7.14. The SMILES string of the molecule is CC1CC(C)(C)N(CCOC(=O)CCc2cc(C(C)(C)C)c(O)c(C(C)(C)C)c2)C(C)(C)C1. The van der Waals surface area contributed by atoms with E-state index in [0.29, 0.717) is 31.1 Å². The number of carbonyl (C=O) groups excluding carboxylic acids is 1. The molecule has 1 fully saturated rings. The van der Waals surface area contributed by atoms with Crippen molar-refractivity contribution in [3.05, 3.63) is 28.8 Å². The van der Waals surface area contributed by atoms with E-state index in [-0.39, 0.29) is 27.9 Å². The molecule has 0 saturated carbocycles. The number of esters is 1. The van der Waals surface area contributed by atoms with Crippen LogP contribution in [0.5, 0.6) is 5.75 Å². The van der Waals surface area contributed by atoms with E-state index < -0.39 is 0 Å². The van der Waals surface area contributed by atoms with Crippen LogP contribution in [0, 0.1) is 5.92 Å². The molecule has 0 radical (unpaired) electrons. The summed E-state index contributed by atoms with van der Waals surface area (Å²) in [5, 5.41) is 10.9. The van der Waals surface area contributed by atoms with Crippen LogP contribution >= 0.6 is 0 Å². The average Bonchev–Trinajstić information content (AvgIpc) is 2.59. The van der Waals surface area contributed by atoms with Gasteiger partial charge in [-0.3, -0.25) is 9.69 Å². The Bertz CT molecular complexity index is 786. The highest BCUT2D eigenvalue weighted by Crippen LogP contribution is 2.41. The number of benzene rings is 1. The quantitative estimate of drug-likeness (QED) is 0.478. The van der Waals surface area contributed by atoms with E-state index in [1.165, 1.54) is 0 Å². The van der Waals surface area contributed by atoms with Gasteiger partial charge in [0.25, 0.3) is 0 Å². The number of aromatic hydroxyl groups is 1. The van der Waals surface area contributed by atoms with E-state index in [0.717, 1.165) is 36.1 Å². The summed E-state index contributed by atoms with van der Waals surface area (Å²) in [7, 11) is 0. The van der Waals surface area contributed by atoms with Gasteiger partial charge in [0.2, 0.25) is 0 Å². The molecule has 0 bridgehead atoms. The number of phenolic OH excluding ortho intramolecular Hbond substituents is 1. The second-order valence-corrected chi connectivity index (χ2v) is 13.5. The standard InChI is InChI=1S/C29H49NO3/c1-20-18-28(8,9)30(29(10,11)19-20)14-15-33-24(31)13-12-21-16-22(26(2,3)4)25(32)23(17-21)27(5,6)7/h16-17,20,32H,12-15,18-19H2,1-11H3. The van der Waals surface area contributed by atoms with Crippen molar-refractivity contribution in [1.82, 2.24) is 4.90 Å². The van der Waals surface area contributed by atoms with Crippen LogP contribution in [0.1, 0.15) is 112 Å². The summed E-state index contributed by atoms with van der Waals surface area (Å²) in [6.07, 6.45) is 3.29. The van der Waals surface area contributed by atoms with Gasteiger partial charge in [-0.1, -0.05) is 60.6 Å². The Morgan fingerprint density at radius 3 is 1.88 bits per heavy atom. The number of aryl methyl sites for hydroxylation is 1. The molecule has 33 heavy (non-hydrogen) atoms. The number of nitrogens with zero attached hydrogens (tertiary/aromatic N) is 1. The van der Waals surface area contributed by atoms with Gasteiger partial charge in [-0.05, 0) is 80.4 Å². The van der Waals surface area contributed by atoms with Crippen LogP contribution in [0.3, 0.4) is 0 Å². The van der Waals surface area contributed by atoms with E-state index in [9.17, 15) is 9.90 Å². The number of hydrogen-bond acceptors (Lipinski definition) is 4. The molecule has 0 unspecified atom stereocenters. The zero-order chi connectivity index (χ0) is 25.4. The molecule has 0 aliphatic carbocycles. The fourth-order valence-corrected chi connectivity index (χ4v) is 5.97. The molecule has 188 valence electrons. The summed E-state index contributed by atoms with van der Waals surface area (Å²) < 4.78 is 5.67. The molecule has 1 aromatic carbocycles. The second kappa shape index (κ2) is 9.60. The predicted molar refractivity (Wildman–Crippen MR) is 138 cm³/mol. The van der Waals surface area contributed by atoms with Crippen molar-refractivity contribution in [2.75, 3.05) is 13.2 Å². The maximum atomic E-state index is 12.6. The van der Waals surface area contributed by atoms with Crippen LogP contribution in [-0.2, 0) is 26.8 Å². The van der Waals surface area contributed by atoms with E-state index in [4.69, 9.17) is 4.74 Å². The lowest BCUT2D eigenvalue weighted by Crippen LogP contribution is -2.61. The Hall–Kier alpha value is -1.55. The van der Waals surface area contributed by atoms with Crippen LogP contribution in [0.15, 0.2) is 12.1 Å². The highest BCUT2D eigenvalue weighted by atomic mass is 16.5. The van der Waals surface area contributed by atoms with E-state index >= 15 is 0 Å². The normalized spacial score (nSPS) is 19.5. The molecule has 4 heteroatoms. The minimum Gasteiger partial charge on any atom is -0.507 e. The highest BCUT2D eigenvalue weighted by molar-refractivity contribution is 5.69. The Morgan fingerprint density at radius 2 is 1.45 bits per heavy atom. The molecular formula is C29H49NO3. The monoisotopic (exact) mass is 459 g/mol. The molecule has 1 aromatic rings. The smallest absolute Gasteiger partial charge is 0.306 e. The van der Waals surface area contributed by atoms with Crippen LogP contribution < -0.4 is 0 Å². The van der Waals surface area contributed by atoms with Crippen molar-refractivity contribution in [2.45, 2.75) is 124 Å². The fraction of sp³-hybridized carbons (Fsp3) is 0.759. The fourth-order valence-electron chi connectivity index (χ4n) is 5.97. The van der Waals surface area contributed by atoms with Gasteiger partial charge in [0.1, 0.15) is 12.4 Å². The van der Waals surface area contributed by atoms with Gasteiger partial charge >= 0.3 is 5.97 Å². The minimum absolute atomic E-state index is 0.104. The first-order valence-electron chi connectivity index (χ1n) is 12.6. The Balaban J connectivity index is 2.02. The van der Waals surface area contributed by atoms with Gasteiger partial charge in [-0.15, -0.1) is 0 Å². The number of carbonyl (C=O) groups is 1. The van der Waals surface area contributed by atoms with Gasteiger partial charge in [0.15, 0.2) is 0 Å². The van der Waals surface area contributed by atoms with Crippen LogP contribution in [0.4, 0.5) is 0 Å². The van der Waals surface area contributed by atoms with Crippen molar-refractivity contribution in [2.24, 2.45) is 5.92 Å². The predicted octanol–water partition coefficient (Wildman–Crippen LogP) is 6.75. The Morgan fingerprint density at radius 1 is 1.00 bits per heavy atom. The van der Waals surface area contributed by atoms with Gasteiger partial charge in [-0.2, -0.15) is 0 Å². The number of hydrogen-bond donors (Lipinski definition) is 1. The molecule has 1 heterocycles. The molecule has 1 aliphatic heterocycles. The van der Waals surface area contributed by atoms with Crippen molar-refractivity contribution >= 4 is 5.97 Å². The van der Waals surface area contributed by atoms with E-state index in [1.54, 1.807) is 0 Å². The summed E-state index contributed by atoms with van der Waals surface area (Å²) in [5.41, 5.74) is 2.80. The lowest BCUT2D eigenvalue weighted by Gasteiger charge is -2.55. The zero-order valence-corrected chi connectivity index (χ0v) is 23.2. The van der Waals surface area contributed by atoms with Crippen LogP contribution in [0.25, 0.3) is 0 Å². The molecule has 1 saturated heterocycles. The van der Waals surface area contributed by atoms with Gasteiger partial charge in [0, 0.05) is 24.0 Å². The molecule has 2 rings (SSSR count). The van der Waals surface area contributed by atoms with Crippen LogP contribution in [-0.4, -0.2) is 40.2 Å². The van der Waals surface area contributed by atoms with E-state index in [1.807, 2.05) is 0 Å². The second-order valence-electron chi connectivity index (χ2n) is 13.5. The third-order valence-corrected chi connectivity index (χ3v) is 7.14. The van der Waals surface area contributed by atoms with Crippen LogP contribution in [0.2, 0.25) is 0 Å². The zero-order valence-electron chi connectivity index (χ0n) is 23.2. The number of piperidine rings is 1. The summed E-state index contributed by atoms with van der Waals surface area (Å²) in [4.78, 5) is 15.1. The van der Waals surface area contributed by atoms with Gasteiger partial charge < -0.3 is 9.84 Å². The number of rotatable bonds is 6. The molecular weight excluding hydrogens is 410 g/mol. The molecule has 0 spiro atoms. The molecule has 0 aromatic heterocycles. The highest BCUT2D eigenvalue weighted by Gasteiger charge is 2.43. The minimum atomic E-state index is -0.174. The summed E-state index contributed by atoms with van der Waals surface area (Å²) >= 11 is 0. The summed E-state index contributed by atoms with van der Waals surface area (Å²) in [6, 6.07) is 4.11. The summed E-state index contributed by atoms with van der Waals surface area (Å²) in [5.74, 6) is 0.927. The largest absolute Gasteiger partial charge is 0.507 e. The number of likely N-dealkylation sites (tertiary alicyclic amines) is 1. The lowest BCUT2D eigenvalue weighted by molar-refractivity contribution is -0.146. The van der Waals surface area contributed by atoms with Crippen molar-refractivity contribution in [3.8, 4) is 5.75 Å². The number of phenols is 1. The van der Waals surface area contributed by atoms with Crippen molar-refractivity contribution < 1.29 is 14.6 Å². The van der Waals surface area contributed by atoms with Gasteiger partial charge in [-0.25, -0.2) is 0 Å². The van der Waals surface area contributed by atoms with Gasteiger partial charge in [0.05, 0.1) is 0 Å². The topological polar surface area (TPSA) is 49.8 Å². The molecule has 0 amide bonds. The van der Waals surface area contributed by atoms with Crippen molar-refractivity contribution in [1.29, 1.82) is 0 Å². The first-order chi connectivity index (χ1) is 14.8. The lowest BCUT2D eigenvalue weighted by atomic mass is 9.74. The first-order valence-corrected chi connectivity index (χ1v) is 12.6. The Labute approximate surface area is 203 Å². The molecule has 0 atom stereocenters. The maximum absolute atomic E-state index is 12.6. The number of ether oxygens (including phenoxy) is 1. The maximum Gasteiger partial charge on any atom is 0.306 e. The van der Waals surface area contributed by atoms with Crippen molar-refractivity contribution in [3.63, 3.8) is 0 Å². The molecule has 1 aliphatic rings.